The van der Waals surface area contributed by atoms with Gasteiger partial charge in [-0.05, 0) is 41.8 Å². The summed E-state index contributed by atoms with van der Waals surface area (Å²) in [5.41, 5.74) is 2.48. The van der Waals surface area contributed by atoms with E-state index in [2.05, 4.69) is 0 Å². The van der Waals surface area contributed by atoms with E-state index < -0.39 is 29.6 Å². The minimum Gasteiger partial charge on any atom is -0.481 e. The lowest BCUT2D eigenvalue weighted by Gasteiger charge is -2.21. The van der Waals surface area contributed by atoms with Gasteiger partial charge in [-0.15, -0.1) is 0 Å². The van der Waals surface area contributed by atoms with Gasteiger partial charge in [-0.25, -0.2) is 9.80 Å². The Morgan fingerprint density at radius 2 is 1.00 bits per heavy atom. The molecule has 4 amide bonds. The summed E-state index contributed by atoms with van der Waals surface area (Å²) in [6.45, 7) is 0. The lowest BCUT2D eigenvalue weighted by atomic mass is 9.87. The largest absolute Gasteiger partial charge is 0.481 e. The number of hydrogen-bond donors (Lipinski definition) is 1. The summed E-state index contributed by atoms with van der Waals surface area (Å²) in [5, 5.41) is 9.17. The van der Waals surface area contributed by atoms with Gasteiger partial charge in [0.1, 0.15) is 0 Å². The highest BCUT2D eigenvalue weighted by molar-refractivity contribution is 6.28. The third-order valence-corrected chi connectivity index (χ3v) is 5.37. The Morgan fingerprint density at radius 1 is 0.656 bits per heavy atom. The fourth-order valence-corrected chi connectivity index (χ4v) is 3.81. The number of carbonyl (C=O) groups excluding carboxylic acids is 4. The molecule has 2 aliphatic rings. The Hall–Kier alpha value is -4.33. The molecule has 2 aromatic carbocycles. The smallest absolute Gasteiger partial charge is 0.303 e. The van der Waals surface area contributed by atoms with Gasteiger partial charge in [0.05, 0.1) is 11.4 Å². The van der Waals surface area contributed by atoms with E-state index >= 15 is 0 Å². The molecule has 0 radical (unpaired) electrons. The molecular formula is C24H18N2O6. The third-order valence-electron chi connectivity index (χ3n) is 5.37. The van der Waals surface area contributed by atoms with Crippen LogP contribution < -0.4 is 9.80 Å². The normalized spacial score (nSPS) is 15.5. The van der Waals surface area contributed by atoms with Gasteiger partial charge in [0, 0.05) is 36.6 Å². The zero-order valence-electron chi connectivity index (χ0n) is 16.8. The zero-order valence-corrected chi connectivity index (χ0v) is 16.8. The van der Waals surface area contributed by atoms with Crippen LogP contribution in [0.1, 0.15) is 29.9 Å². The zero-order chi connectivity index (χ0) is 22.8. The molecule has 0 fully saturated rings. The fraction of sp³-hybridized carbons (Fsp3) is 0.125. The molecule has 2 aliphatic heterocycles. The predicted molar refractivity (Wildman–Crippen MR) is 115 cm³/mol. The molecular weight excluding hydrogens is 412 g/mol. The van der Waals surface area contributed by atoms with Crippen LogP contribution in [0.25, 0.3) is 0 Å². The molecule has 0 atom stereocenters. The summed E-state index contributed by atoms with van der Waals surface area (Å²) in [7, 11) is 0. The number of hydrogen-bond acceptors (Lipinski definition) is 5. The summed E-state index contributed by atoms with van der Waals surface area (Å²) in [5.74, 6) is -2.87. The van der Waals surface area contributed by atoms with Gasteiger partial charge < -0.3 is 5.11 Å². The molecule has 0 bridgehead atoms. The first-order valence-electron chi connectivity index (χ1n) is 9.89. The monoisotopic (exact) mass is 430 g/mol. The van der Waals surface area contributed by atoms with Crippen LogP contribution in [0, 0.1) is 0 Å². The number of nitrogens with zero attached hydrogens (tertiary/aromatic N) is 2. The molecule has 2 heterocycles. The maximum atomic E-state index is 11.9. The molecule has 4 rings (SSSR count). The highest BCUT2D eigenvalue weighted by atomic mass is 16.4. The second kappa shape index (κ2) is 8.43. The Balaban J connectivity index is 1.60. The van der Waals surface area contributed by atoms with E-state index in [0.717, 1.165) is 20.9 Å². The van der Waals surface area contributed by atoms with E-state index in [1.165, 1.54) is 24.3 Å². The van der Waals surface area contributed by atoms with E-state index in [1.54, 1.807) is 48.5 Å². The first kappa shape index (κ1) is 20.9. The van der Waals surface area contributed by atoms with Gasteiger partial charge in [-0.2, -0.15) is 0 Å². The quantitative estimate of drug-likeness (QED) is 0.676. The Morgan fingerprint density at radius 3 is 1.31 bits per heavy atom. The van der Waals surface area contributed by atoms with Gasteiger partial charge in [0.2, 0.25) is 0 Å². The molecule has 2 aromatic rings. The summed E-state index contributed by atoms with van der Waals surface area (Å²) < 4.78 is 0. The first-order valence-corrected chi connectivity index (χ1v) is 9.89. The van der Waals surface area contributed by atoms with Gasteiger partial charge in [-0.1, -0.05) is 24.3 Å². The molecule has 0 spiro atoms. The van der Waals surface area contributed by atoms with Gasteiger partial charge in [0.15, 0.2) is 0 Å². The standard InChI is InChI=1S/C24H18N2O6/c27-20-10-11-21(28)25(20)17-5-1-15(2-6-17)19(9-14-24(31)32)16-3-7-18(8-4-16)26-22(29)12-13-23(26)30/h1-8,10-13,19H,9,14H2,(H,31,32). The number of benzene rings is 2. The highest BCUT2D eigenvalue weighted by Gasteiger charge is 2.27. The average molecular weight is 430 g/mol. The fourth-order valence-electron chi connectivity index (χ4n) is 3.81. The molecule has 0 aliphatic carbocycles. The lowest BCUT2D eigenvalue weighted by Crippen LogP contribution is -2.29. The molecule has 0 unspecified atom stereocenters. The second-order valence-corrected chi connectivity index (χ2v) is 7.36. The molecule has 0 saturated carbocycles. The van der Waals surface area contributed by atoms with Crippen molar-refractivity contribution in [3.8, 4) is 0 Å². The number of amides is 4. The van der Waals surface area contributed by atoms with E-state index in [9.17, 15) is 29.1 Å². The molecule has 8 nitrogen and oxygen atoms in total. The van der Waals surface area contributed by atoms with E-state index in [1.807, 2.05) is 0 Å². The number of carbonyl (C=O) groups is 5. The topological polar surface area (TPSA) is 112 Å². The van der Waals surface area contributed by atoms with Gasteiger partial charge in [-0.3, -0.25) is 24.0 Å². The Bertz CT molecular complexity index is 1060. The number of aliphatic carboxylic acids is 1. The van der Waals surface area contributed by atoms with E-state index in [4.69, 9.17) is 0 Å². The van der Waals surface area contributed by atoms with Crippen LogP contribution >= 0.6 is 0 Å². The Labute approximate surface area is 183 Å². The molecule has 8 heteroatoms. The van der Waals surface area contributed by atoms with Crippen LogP contribution in [-0.2, 0) is 24.0 Å². The lowest BCUT2D eigenvalue weighted by molar-refractivity contribution is -0.137. The molecule has 0 aromatic heterocycles. The summed E-state index contributed by atoms with van der Waals surface area (Å²) in [4.78, 5) is 60.9. The number of imide groups is 2. The number of rotatable bonds is 7. The van der Waals surface area contributed by atoms with Crippen LogP contribution in [0.2, 0.25) is 0 Å². The van der Waals surface area contributed by atoms with Crippen molar-refractivity contribution in [1.29, 1.82) is 0 Å². The van der Waals surface area contributed by atoms with Crippen molar-refractivity contribution >= 4 is 41.0 Å². The minimum atomic E-state index is -0.929. The third kappa shape index (κ3) is 3.98. The van der Waals surface area contributed by atoms with E-state index in [0.29, 0.717) is 17.8 Å². The van der Waals surface area contributed by atoms with Crippen molar-refractivity contribution < 1.29 is 29.1 Å². The number of carboxylic acid groups (broad SMARTS) is 1. The molecule has 1 N–H and O–H groups in total. The van der Waals surface area contributed by atoms with Crippen molar-refractivity contribution in [2.45, 2.75) is 18.8 Å². The molecule has 0 saturated heterocycles. The van der Waals surface area contributed by atoms with Crippen molar-refractivity contribution in [1.82, 2.24) is 0 Å². The summed E-state index contributed by atoms with van der Waals surface area (Å²) in [6, 6.07) is 13.6. The average Bonchev–Trinajstić information content (AvgIpc) is 3.29. The SMILES string of the molecule is O=C(O)CCC(c1ccc(N2C(=O)C=CC2=O)cc1)c1ccc(N2C(=O)C=CC2=O)cc1. The van der Waals surface area contributed by atoms with Crippen molar-refractivity contribution in [2.24, 2.45) is 0 Å². The second-order valence-electron chi connectivity index (χ2n) is 7.36. The van der Waals surface area contributed by atoms with Crippen LogP contribution in [0.15, 0.2) is 72.8 Å². The van der Waals surface area contributed by atoms with Crippen LogP contribution in [0.3, 0.4) is 0 Å². The molecule has 160 valence electrons. The van der Waals surface area contributed by atoms with Gasteiger partial charge in [0.25, 0.3) is 23.6 Å². The molecule has 32 heavy (non-hydrogen) atoms. The predicted octanol–water partition coefficient (Wildman–Crippen LogP) is 2.54. The Kier molecular flexibility index (Phi) is 5.51. The number of anilines is 2. The minimum absolute atomic E-state index is 0.0613. The maximum Gasteiger partial charge on any atom is 0.303 e. The summed E-state index contributed by atoms with van der Waals surface area (Å²) >= 11 is 0. The van der Waals surface area contributed by atoms with Crippen molar-refractivity contribution in [3.05, 3.63) is 84.0 Å². The van der Waals surface area contributed by atoms with Crippen LogP contribution in [0.4, 0.5) is 11.4 Å². The first-order chi connectivity index (χ1) is 15.3. The van der Waals surface area contributed by atoms with E-state index in [-0.39, 0.29) is 12.3 Å². The van der Waals surface area contributed by atoms with Crippen LogP contribution in [-0.4, -0.2) is 34.7 Å². The van der Waals surface area contributed by atoms with Crippen molar-refractivity contribution in [3.63, 3.8) is 0 Å². The number of carboxylic acids is 1. The summed E-state index contributed by atoms with van der Waals surface area (Å²) in [6.07, 6.45) is 5.09. The maximum absolute atomic E-state index is 11.9. The van der Waals surface area contributed by atoms with Gasteiger partial charge >= 0.3 is 5.97 Å². The van der Waals surface area contributed by atoms with Crippen LogP contribution in [0.5, 0.6) is 0 Å². The van der Waals surface area contributed by atoms with Crippen molar-refractivity contribution in [2.75, 3.05) is 9.80 Å². The highest BCUT2D eigenvalue weighted by Crippen LogP contribution is 2.33.